The molecule has 1 aromatic carbocycles. The second-order valence-corrected chi connectivity index (χ2v) is 8.22. The highest BCUT2D eigenvalue weighted by Gasteiger charge is 2.25. The van der Waals surface area contributed by atoms with Crippen LogP contribution in [0.25, 0.3) is 21.3 Å². The van der Waals surface area contributed by atoms with Crippen molar-refractivity contribution in [1.82, 2.24) is 25.3 Å². The number of para-hydroxylation sites is 2. The molecule has 28 heavy (non-hydrogen) atoms. The van der Waals surface area contributed by atoms with Crippen molar-refractivity contribution in [2.45, 2.75) is 33.7 Å². The monoisotopic (exact) mass is 395 g/mol. The minimum absolute atomic E-state index is 0.128. The molecule has 3 aromatic heterocycles. The number of carbonyl (C=O) groups excluding carboxylic acids is 1. The Bertz CT molecular complexity index is 1220. The molecule has 4 aromatic rings. The van der Waals surface area contributed by atoms with Crippen molar-refractivity contribution in [2.75, 3.05) is 0 Å². The lowest BCUT2D eigenvalue weighted by Gasteiger charge is -2.20. The van der Waals surface area contributed by atoms with E-state index in [2.05, 4.69) is 25.3 Å². The molecule has 7 nitrogen and oxygen atoms in total. The van der Waals surface area contributed by atoms with Gasteiger partial charge in [-0.15, -0.1) is 11.3 Å². The first-order valence-corrected chi connectivity index (χ1v) is 9.92. The largest absolute Gasteiger partial charge is 0.341 e. The zero-order valence-electron chi connectivity index (χ0n) is 16.1. The zero-order valence-corrected chi connectivity index (χ0v) is 16.9. The summed E-state index contributed by atoms with van der Waals surface area (Å²) >= 11 is 1.24. The molecule has 0 aliphatic carbocycles. The number of H-pyrrole nitrogens is 2. The number of hydrogen-bond acceptors (Lipinski definition) is 5. The van der Waals surface area contributed by atoms with E-state index >= 15 is 0 Å². The molecular weight excluding hydrogens is 374 g/mol. The maximum absolute atomic E-state index is 13.1. The number of hydrogen-bond donors (Lipinski definition) is 3. The smallest absolute Gasteiger partial charge is 0.262 e. The number of nitrogens with zero attached hydrogens (tertiary/aromatic N) is 2. The van der Waals surface area contributed by atoms with Crippen molar-refractivity contribution < 1.29 is 4.79 Å². The quantitative estimate of drug-likeness (QED) is 0.491. The van der Waals surface area contributed by atoms with Crippen LogP contribution < -0.4 is 10.9 Å². The predicted octanol–water partition coefficient (Wildman–Crippen LogP) is 3.60. The Hall–Kier alpha value is -3.00. The van der Waals surface area contributed by atoms with Crippen molar-refractivity contribution in [3.8, 4) is 0 Å². The zero-order chi connectivity index (χ0) is 20.0. The molecule has 1 amide bonds. The number of carbonyl (C=O) groups is 1. The Morgan fingerprint density at radius 3 is 2.61 bits per heavy atom. The van der Waals surface area contributed by atoms with Gasteiger partial charge in [0.2, 0.25) is 0 Å². The van der Waals surface area contributed by atoms with Gasteiger partial charge in [0.05, 0.1) is 27.3 Å². The number of aryl methyl sites for hydroxylation is 2. The molecule has 3 N–H and O–H groups in total. The predicted molar refractivity (Wildman–Crippen MR) is 111 cm³/mol. The van der Waals surface area contributed by atoms with E-state index in [0.29, 0.717) is 26.5 Å². The van der Waals surface area contributed by atoms with Gasteiger partial charge in [-0.3, -0.25) is 9.59 Å². The second-order valence-electron chi connectivity index (χ2n) is 7.22. The van der Waals surface area contributed by atoms with Crippen molar-refractivity contribution in [1.29, 1.82) is 0 Å². The summed E-state index contributed by atoms with van der Waals surface area (Å²) in [6.45, 7) is 7.58. The van der Waals surface area contributed by atoms with Gasteiger partial charge in [-0.25, -0.2) is 9.97 Å². The normalized spacial score (nSPS) is 12.8. The molecule has 3 heterocycles. The third kappa shape index (κ3) is 3.09. The number of rotatable bonds is 4. The van der Waals surface area contributed by atoms with Crippen molar-refractivity contribution in [3.63, 3.8) is 0 Å². The molecule has 0 radical (unpaired) electrons. The fourth-order valence-corrected chi connectivity index (χ4v) is 4.48. The topological polar surface area (TPSA) is 104 Å². The van der Waals surface area contributed by atoms with E-state index in [1.165, 1.54) is 11.3 Å². The molecule has 0 aliphatic heterocycles. The van der Waals surface area contributed by atoms with Crippen LogP contribution in [0.2, 0.25) is 0 Å². The molecule has 144 valence electrons. The third-order valence-corrected chi connectivity index (χ3v) is 5.97. The standard InChI is InChI=1S/C20H21N5O2S/c1-9(2)15(17-23-12-7-5-6-8-13(12)24-17)25-19(27)16-10(3)14-18(26)21-11(4)22-20(14)28-16/h5-9,15H,1-4H3,(H,23,24)(H,25,27)(H,21,22,26)/t15-/m0/s1. The summed E-state index contributed by atoms with van der Waals surface area (Å²) in [7, 11) is 0. The summed E-state index contributed by atoms with van der Waals surface area (Å²) in [5.74, 6) is 1.16. The van der Waals surface area contributed by atoms with E-state index < -0.39 is 0 Å². The highest BCUT2D eigenvalue weighted by atomic mass is 32.1. The van der Waals surface area contributed by atoms with Crippen LogP contribution in [0.5, 0.6) is 0 Å². The maximum atomic E-state index is 13.1. The number of amides is 1. The van der Waals surface area contributed by atoms with E-state index in [-0.39, 0.29) is 23.4 Å². The summed E-state index contributed by atoms with van der Waals surface area (Å²) in [5, 5.41) is 3.56. The summed E-state index contributed by atoms with van der Waals surface area (Å²) in [6.07, 6.45) is 0. The molecule has 1 atom stereocenters. The average Bonchev–Trinajstić information content (AvgIpc) is 3.20. The maximum Gasteiger partial charge on any atom is 0.262 e. The Labute approximate surface area is 165 Å². The van der Waals surface area contributed by atoms with E-state index in [1.54, 1.807) is 13.8 Å². The van der Waals surface area contributed by atoms with Crippen molar-refractivity contribution in [3.05, 3.63) is 56.7 Å². The fourth-order valence-electron chi connectivity index (χ4n) is 3.35. The van der Waals surface area contributed by atoms with Crippen molar-refractivity contribution in [2.24, 2.45) is 5.92 Å². The minimum atomic E-state index is -0.280. The van der Waals surface area contributed by atoms with Gasteiger partial charge in [0, 0.05) is 0 Å². The van der Waals surface area contributed by atoms with Gasteiger partial charge in [0.15, 0.2) is 0 Å². The fraction of sp³-hybridized carbons (Fsp3) is 0.300. The van der Waals surface area contributed by atoms with Gasteiger partial charge in [-0.2, -0.15) is 0 Å². The Balaban J connectivity index is 1.71. The molecule has 0 bridgehead atoms. The van der Waals surface area contributed by atoms with Gasteiger partial charge < -0.3 is 15.3 Å². The van der Waals surface area contributed by atoms with Crippen LogP contribution in [-0.2, 0) is 0 Å². The van der Waals surface area contributed by atoms with Crippen LogP contribution in [0.3, 0.4) is 0 Å². The second kappa shape index (κ2) is 6.87. The molecule has 0 unspecified atom stereocenters. The SMILES string of the molecule is Cc1nc2sc(C(=O)N[C@H](c3nc4ccccc4[nH]3)C(C)C)c(C)c2c(=O)[nH]1. The highest BCUT2D eigenvalue weighted by molar-refractivity contribution is 7.20. The van der Waals surface area contributed by atoms with Crippen molar-refractivity contribution >= 4 is 38.5 Å². The number of benzene rings is 1. The van der Waals surface area contributed by atoms with Crippen LogP contribution in [0.1, 0.15) is 46.8 Å². The van der Waals surface area contributed by atoms with E-state index in [9.17, 15) is 9.59 Å². The Kier molecular flexibility index (Phi) is 4.50. The van der Waals surface area contributed by atoms with Gasteiger partial charge in [0.1, 0.15) is 16.5 Å². The lowest BCUT2D eigenvalue weighted by atomic mass is 10.0. The lowest BCUT2D eigenvalue weighted by molar-refractivity contribution is 0.0927. The molecule has 0 spiro atoms. The van der Waals surface area contributed by atoms with Gasteiger partial charge in [-0.05, 0) is 37.5 Å². The first-order chi connectivity index (χ1) is 13.3. The van der Waals surface area contributed by atoms with Crippen LogP contribution in [0.4, 0.5) is 0 Å². The number of fused-ring (bicyclic) bond motifs is 2. The van der Waals surface area contributed by atoms with Crippen LogP contribution in [0, 0.1) is 19.8 Å². The summed E-state index contributed by atoms with van der Waals surface area (Å²) in [4.78, 5) is 41.4. The number of nitrogens with one attached hydrogen (secondary N) is 3. The molecule has 0 saturated carbocycles. The number of thiophene rings is 1. The Morgan fingerprint density at radius 2 is 1.89 bits per heavy atom. The molecule has 8 heteroatoms. The van der Waals surface area contributed by atoms with Gasteiger partial charge in [0.25, 0.3) is 11.5 Å². The van der Waals surface area contributed by atoms with Crippen LogP contribution in [0.15, 0.2) is 29.1 Å². The summed E-state index contributed by atoms with van der Waals surface area (Å²) < 4.78 is 0. The van der Waals surface area contributed by atoms with Gasteiger partial charge >= 0.3 is 0 Å². The number of aromatic amines is 2. The Morgan fingerprint density at radius 1 is 1.14 bits per heavy atom. The first kappa shape index (κ1) is 18.4. The number of aromatic nitrogens is 4. The summed E-state index contributed by atoms with van der Waals surface area (Å²) in [5.41, 5.74) is 2.23. The van der Waals surface area contributed by atoms with Crippen LogP contribution in [-0.4, -0.2) is 25.8 Å². The molecule has 4 rings (SSSR count). The molecule has 0 aliphatic rings. The first-order valence-electron chi connectivity index (χ1n) is 9.10. The number of imidazole rings is 1. The average molecular weight is 395 g/mol. The third-order valence-electron chi connectivity index (χ3n) is 4.78. The summed E-state index contributed by atoms with van der Waals surface area (Å²) in [6, 6.07) is 7.49. The molecule has 0 fully saturated rings. The molecule has 0 saturated heterocycles. The van der Waals surface area contributed by atoms with E-state index in [4.69, 9.17) is 0 Å². The highest BCUT2D eigenvalue weighted by Crippen LogP contribution is 2.29. The van der Waals surface area contributed by atoms with Gasteiger partial charge in [-0.1, -0.05) is 26.0 Å². The minimum Gasteiger partial charge on any atom is -0.341 e. The van der Waals surface area contributed by atoms with E-state index in [1.807, 2.05) is 38.1 Å². The lowest BCUT2D eigenvalue weighted by Crippen LogP contribution is -2.32. The van der Waals surface area contributed by atoms with E-state index in [0.717, 1.165) is 16.9 Å². The van der Waals surface area contributed by atoms with Crippen LogP contribution >= 0.6 is 11.3 Å². The molecular formula is C20H21N5O2S.